The molecule has 0 amide bonds. The summed E-state index contributed by atoms with van der Waals surface area (Å²) >= 11 is 9.49. The summed E-state index contributed by atoms with van der Waals surface area (Å²) in [6.45, 7) is 2.01. The lowest BCUT2D eigenvalue weighted by atomic mass is 10.0. The molecule has 0 aliphatic rings. The maximum atomic E-state index is 6.21. The van der Waals surface area contributed by atoms with Gasteiger partial charge in [0.2, 0.25) is 0 Å². The van der Waals surface area contributed by atoms with Crippen molar-refractivity contribution in [3.8, 4) is 0 Å². The molecule has 0 radical (unpaired) electrons. The summed E-state index contributed by atoms with van der Waals surface area (Å²) in [7, 11) is 0. The van der Waals surface area contributed by atoms with Crippen molar-refractivity contribution in [2.75, 3.05) is 0 Å². The highest BCUT2D eigenvalue weighted by Crippen LogP contribution is 2.26. The van der Waals surface area contributed by atoms with Crippen LogP contribution in [0.3, 0.4) is 0 Å². The molecule has 1 aromatic carbocycles. The summed E-state index contributed by atoms with van der Waals surface area (Å²) in [6.07, 6.45) is 0.676. The van der Waals surface area contributed by atoms with Gasteiger partial charge in [0.05, 0.1) is 6.04 Å². The maximum absolute atomic E-state index is 6.21. The first kappa shape index (κ1) is 13.6. The number of rotatable bonds is 4. The maximum Gasteiger partial charge on any atom is 0.169 e. The second-order valence-electron chi connectivity index (χ2n) is 4.16. The third kappa shape index (κ3) is 3.14. The van der Waals surface area contributed by atoms with Gasteiger partial charge in [-0.25, -0.2) is 5.43 Å². The van der Waals surface area contributed by atoms with Crippen molar-refractivity contribution in [1.29, 1.82) is 0 Å². The molecule has 2 rings (SSSR count). The van der Waals surface area contributed by atoms with E-state index in [0.717, 1.165) is 21.9 Å². The molecule has 1 heterocycles. The number of aryl methyl sites for hydroxylation is 1. The second kappa shape index (κ2) is 5.89. The van der Waals surface area contributed by atoms with Crippen LogP contribution in [0, 0.1) is 6.92 Å². The van der Waals surface area contributed by atoms with E-state index >= 15 is 0 Å². The van der Waals surface area contributed by atoms with E-state index in [9.17, 15) is 0 Å². The predicted octanol–water partition coefficient (Wildman–Crippen LogP) is 3.75. The molecule has 0 aliphatic heterocycles. The monoisotopic (exact) mass is 328 g/mol. The number of hydrogen-bond acceptors (Lipinski definition) is 3. The van der Waals surface area contributed by atoms with Crippen molar-refractivity contribution in [2.24, 2.45) is 5.84 Å². The Morgan fingerprint density at radius 1 is 1.39 bits per heavy atom. The lowest BCUT2D eigenvalue weighted by Gasteiger charge is -2.14. The van der Waals surface area contributed by atoms with Crippen molar-refractivity contribution in [1.82, 2.24) is 5.43 Å². The molecule has 0 saturated carbocycles. The molecule has 18 heavy (non-hydrogen) atoms. The molecule has 3 nitrogen and oxygen atoms in total. The van der Waals surface area contributed by atoms with Gasteiger partial charge in [-0.1, -0.05) is 23.7 Å². The van der Waals surface area contributed by atoms with Gasteiger partial charge in [-0.15, -0.1) is 0 Å². The summed E-state index contributed by atoms with van der Waals surface area (Å²) in [6, 6.07) is 9.62. The van der Waals surface area contributed by atoms with E-state index in [4.69, 9.17) is 21.9 Å². The number of nitrogens with two attached hydrogens (primary N) is 1. The Bertz CT molecular complexity index is 542. The Labute approximate surface area is 119 Å². The minimum Gasteiger partial charge on any atom is -0.453 e. The molecule has 2 aromatic rings. The summed E-state index contributed by atoms with van der Waals surface area (Å²) in [5.41, 5.74) is 4.93. The quantitative estimate of drug-likeness (QED) is 0.663. The van der Waals surface area contributed by atoms with Crippen LogP contribution in [-0.4, -0.2) is 0 Å². The van der Waals surface area contributed by atoms with Crippen LogP contribution in [0.25, 0.3) is 0 Å². The fourth-order valence-corrected chi connectivity index (χ4v) is 2.43. The Hall–Kier alpha value is -0.810. The highest BCUT2D eigenvalue weighted by atomic mass is 79.9. The van der Waals surface area contributed by atoms with Crippen molar-refractivity contribution < 1.29 is 4.42 Å². The average Bonchev–Trinajstić information content (AvgIpc) is 2.75. The Kier molecular flexibility index (Phi) is 4.45. The highest BCUT2D eigenvalue weighted by molar-refractivity contribution is 9.10. The second-order valence-corrected chi connectivity index (χ2v) is 5.35. The van der Waals surface area contributed by atoms with Crippen LogP contribution in [0.5, 0.6) is 0 Å². The van der Waals surface area contributed by atoms with Gasteiger partial charge in [0, 0.05) is 5.02 Å². The Morgan fingerprint density at radius 3 is 2.72 bits per heavy atom. The van der Waals surface area contributed by atoms with Crippen LogP contribution in [0.4, 0.5) is 0 Å². The summed E-state index contributed by atoms with van der Waals surface area (Å²) < 4.78 is 6.19. The molecule has 1 atom stereocenters. The molecular formula is C13H14BrClN2O. The van der Waals surface area contributed by atoms with Crippen LogP contribution in [-0.2, 0) is 6.42 Å². The first-order valence-corrected chi connectivity index (χ1v) is 6.73. The number of benzene rings is 1. The van der Waals surface area contributed by atoms with Gasteiger partial charge in [-0.2, -0.15) is 0 Å². The molecule has 0 saturated heterocycles. The predicted molar refractivity (Wildman–Crippen MR) is 76.4 cm³/mol. The van der Waals surface area contributed by atoms with Gasteiger partial charge in [0.15, 0.2) is 4.67 Å². The average molecular weight is 330 g/mol. The zero-order valence-corrected chi connectivity index (χ0v) is 12.3. The lowest BCUT2D eigenvalue weighted by molar-refractivity contribution is 0.405. The first-order chi connectivity index (χ1) is 8.60. The Balaban J connectivity index is 2.20. The zero-order chi connectivity index (χ0) is 13.1. The van der Waals surface area contributed by atoms with Gasteiger partial charge in [-0.05, 0) is 58.6 Å². The van der Waals surface area contributed by atoms with Crippen molar-refractivity contribution in [3.63, 3.8) is 0 Å². The highest BCUT2D eigenvalue weighted by Gasteiger charge is 2.16. The molecule has 1 aromatic heterocycles. The number of furan rings is 1. The van der Waals surface area contributed by atoms with Crippen LogP contribution >= 0.6 is 27.5 Å². The van der Waals surface area contributed by atoms with Crippen LogP contribution < -0.4 is 11.3 Å². The zero-order valence-electron chi connectivity index (χ0n) is 9.91. The standard InChI is InChI=1S/C13H14BrClN2O/c1-8-2-3-9(10(15)6-8)7-11(17-16)12-4-5-13(14)18-12/h2-6,11,17H,7,16H2,1H3. The topological polar surface area (TPSA) is 51.2 Å². The van der Waals surface area contributed by atoms with E-state index in [0.29, 0.717) is 11.1 Å². The molecule has 3 N–H and O–H groups in total. The van der Waals surface area contributed by atoms with Crippen molar-refractivity contribution in [3.05, 3.63) is 56.9 Å². The third-order valence-electron chi connectivity index (χ3n) is 2.77. The van der Waals surface area contributed by atoms with E-state index in [1.54, 1.807) is 0 Å². The van der Waals surface area contributed by atoms with Crippen LogP contribution in [0.2, 0.25) is 5.02 Å². The minimum atomic E-state index is -0.100. The summed E-state index contributed by atoms with van der Waals surface area (Å²) in [4.78, 5) is 0. The molecule has 1 unspecified atom stereocenters. The SMILES string of the molecule is Cc1ccc(CC(NN)c2ccc(Br)o2)c(Cl)c1. The number of halogens is 2. The number of hydrogen-bond donors (Lipinski definition) is 2. The molecule has 0 aliphatic carbocycles. The van der Waals surface area contributed by atoms with Crippen LogP contribution in [0.15, 0.2) is 39.4 Å². The van der Waals surface area contributed by atoms with E-state index < -0.39 is 0 Å². The molecule has 0 spiro atoms. The van der Waals surface area contributed by atoms with E-state index in [1.165, 1.54) is 0 Å². The molecule has 0 fully saturated rings. The fourth-order valence-electron chi connectivity index (χ4n) is 1.80. The van der Waals surface area contributed by atoms with E-state index in [-0.39, 0.29) is 6.04 Å². The number of nitrogens with one attached hydrogen (secondary N) is 1. The van der Waals surface area contributed by atoms with Gasteiger partial charge >= 0.3 is 0 Å². The molecule has 96 valence electrons. The van der Waals surface area contributed by atoms with Crippen molar-refractivity contribution in [2.45, 2.75) is 19.4 Å². The van der Waals surface area contributed by atoms with Gasteiger partial charge in [0.25, 0.3) is 0 Å². The smallest absolute Gasteiger partial charge is 0.169 e. The number of hydrazine groups is 1. The largest absolute Gasteiger partial charge is 0.453 e. The summed E-state index contributed by atoms with van der Waals surface area (Å²) in [5, 5.41) is 0.751. The van der Waals surface area contributed by atoms with Gasteiger partial charge in [0.1, 0.15) is 5.76 Å². The van der Waals surface area contributed by atoms with Gasteiger partial charge in [-0.3, -0.25) is 5.84 Å². The van der Waals surface area contributed by atoms with E-state index in [2.05, 4.69) is 21.4 Å². The molecule has 0 bridgehead atoms. The summed E-state index contributed by atoms with van der Waals surface area (Å²) in [5.74, 6) is 6.35. The lowest BCUT2D eigenvalue weighted by Crippen LogP contribution is -2.29. The Morgan fingerprint density at radius 2 is 2.17 bits per heavy atom. The third-order valence-corrected chi connectivity index (χ3v) is 3.55. The minimum absolute atomic E-state index is 0.100. The van der Waals surface area contributed by atoms with Crippen molar-refractivity contribution >= 4 is 27.5 Å². The fraction of sp³-hybridized carbons (Fsp3) is 0.231. The molecular weight excluding hydrogens is 316 g/mol. The first-order valence-electron chi connectivity index (χ1n) is 5.56. The van der Waals surface area contributed by atoms with Crippen LogP contribution in [0.1, 0.15) is 22.9 Å². The normalized spacial score (nSPS) is 12.7. The molecule has 5 heteroatoms. The van der Waals surface area contributed by atoms with Gasteiger partial charge < -0.3 is 4.42 Å². The van der Waals surface area contributed by atoms with E-state index in [1.807, 2.05) is 37.3 Å².